The maximum absolute atomic E-state index is 14.7. The highest BCUT2D eigenvalue weighted by atomic mass is 32.1. The second-order valence-electron chi connectivity index (χ2n) is 8.05. The Kier molecular flexibility index (Phi) is 5.81. The van der Waals surface area contributed by atoms with Gasteiger partial charge >= 0.3 is 6.18 Å². The van der Waals surface area contributed by atoms with Crippen LogP contribution in [0.1, 0.15) is 41.6 Å². The molecule has 1 spiro atoms. The average molecular weight is 490 g/mol. The molecule has 0 unspecified atom stereocenters. The zero-order valence-electron chi connectivity index (χ0n) is 17.9. The number of nitrogens with zero attached hydrogens (tertiary/aromatic N) is 3. The topological polar surface area (TPSA) is 57.0 Å². The van der Waals surface area contributed by atoms with Crippen molar-refractivity contribution in [1.29, 1.82) is 0 Å². The van der Waals surface area contributed by atoms with Gasteiger partial charge in [0.05, 0.1) is 17.7 Å². The molecular formula is C23H18F4N4O2S. The lowest BCUT2D eigenvalue weighted by Crippen LogP contribution is -2.47. The summed E-state index contributed by atoms with van der Waals surface area (Å²) in [7, 11) is 1.36. The van der Waals surface area contributed by atoms with Gasteiger partial charge in [0.1, 0.15) is 11.4 Å². The molecular weight excluding hydrogens is 472 g/mol. The van der Waals surface area contributed by atoms with Crippen LogP contribution in [-0.2, 0) is 11.0 Å². The highest BCUT2D eigenvalue weighted by Gasteiger charge is 2.57. The van der Waals surface area contributed by atoms with Crippen LogP contribution in [0.2, 0.25) is 0 Å². The molecule has 2 amide bonds. The minimum Gasteiger partial charge on any atom is -0.355 e. The maximum atomic E-state index is 14.7. The molecule has 2 aromatic rings. The molecule has 2 aromatic carbocycles. The average Bonchev–Trinajstić information content (AvgIpc) is 3.36. The number of thiocarbonyl (C=S) groups is 1. The third-order valence-electron chi connectivity index (χ3n) is 6.19. The molecule has 4 rings (SSSR count). The van der Waals surface area contributed by atoms with Gasteiger partial charge in [-0.1, -0.05) is 18.9 Å². The van der Waals surface area contributed by atoms with E-state index in [0.717, 1.165) is 23.1 Å². The van der Waals surface area contributed by atoms with Crippen LogP contribution in [0, 0.1) is 12.4 Å². The molecule has 2 fully saturated rings. The van der Waals surface area contributed by atoms with Crippen molar-refractivity contribution in [2.75, 3.05) is 16.8 Å². The third-order valence-corrected chi connectivity index (χ3v) is 6.55. The van der Waals surface area contributed by atoms with Crippen LogP contribution >= 0.6 is 12.2 Å². The van der Waals surface area contributed by atoms with Gasteiger partial charge in [0, 0.05) is 18.4 Å². The van der Waals surface area contributed by atoms with Gasteiger partial charge in [-0.3, -0.25) is 14.5 Å². The van der Waals surface area contributed by atoms with Crippen molar-refractivity contribution >= 4 is 46.2 Å². The van der Waals surface area contributed by atoms with Crippen LogP contribution in [0.15, 0.2) is 36.4 Å². The summed E-state index contributed by atoms with van der Waals surface area (Å²) >= 11 is 5.55. The Morgan fingerprint density at radius 1 is 1.15 bits per heavy atom. The molecule has 0 atom stereocenters. The van der Waals surface area contributed by atoms with Crippen molar-refractivity contribution in [2.45, 2.75) is 37.4 Å². The Balaban J connectivity index is 1.83. The normalized spacial score (nSPS) is 17.4. The summed E-state index contributed by atoms with van der Waals surface area (Å²) < 4.78 is 55.4. The summed E-state index contributed by atoms with van der Waals surface area (Å²) in [6.45, 7) is 7.03. The first-order valence-electron chi connectivity index (χ1n) is 10.3. The number of halogens is 4. The fourth-order valence-electron chi connectivity index (χ4n) is 4.61. The fourth-order valence-corrected chi connectivity index (χ4v) is 5.07. The fraction of sp³-hybridized carbons (Fsp3) is 0.304. The van der Waals surface area contributed by atoms with Crippen molar-refractivity contribution in [1.82, 2.24) is 5.32 Å². The van der Waals surface area contributed by atoms with Gasteiger partial charge in [-0.2, -0.15) is 13.2 Å². The molecule has 34 heavy (non-hydrogen) atoms. The van der Waals surface area contributed by atoms with E-state index in [0.29, 0.717) is 25.7 Å². The molecule has 1 heterocycles. The molecule has 1 aliphatic carbocycles. The highest BCUT2D eigenvalue weighted by Crippen LogP contribution is 2.47. The van der Waals surface area contributed by atoms with E-state index in [4.69, 9.17) is 18.8 Å². The monoisotopic (exact) mass is 490 g/mol. The third kappa shape index (κ3) is 3.58. The molecule has 1 N–H and O–H groups in total. The zero-order chi connectivity index (χ0) is 24.8. The molecule has 1 aliphatic heterocycles. The molecule has 2 aliphatic rings. The zero-order valence-corrected chi connectivity index (χ0v) is 18.7. The largest absolute Gasteiger partial charge is 0.407 e. The number of nitrogens with one attached hydrogen (secondary N) is 1. The molecule has 0 aromatic heterocycles. The number of amides is 2. The van der Waals surface area contributed by atoms with Crippen molar-refractivity contribution in [2.24, 2.45) is 0 Å². The summed E-state index contributed by atoms with van der Waals surface area (Å²) in [6, 6.07) is 6.81. The number of hydrogen-bond acceptors (Lipinski definition) is 3. The summed E-state index contributed by atoms with van der Waals surface area (Å²) in [4.78, 5) is 30.9. The number of benzene rings is 2. The second kappa shape index (κ2) is 8.36. The van der Waals surface area contributed by atoms with Gasteiger partial charge in [-0.25, -0.2) is 9.24 Å². The van der Waals surface area contributed by atoms with Gasteiger partial charge in [0.2, 0.25) is 0 Å². The highest BCUT2D eigenvalue weighted by molar-refractivity contribution is 7.81. The van der Waals surface area contributed by atoms with Crippen molar-refractivity contribution in [3.05, 3.63) is 64.8 Å². The first kappa shape index (κ1) is 23.6. The number of carbonyl (C=O) groups excluding carboxylic acids is 2. The smallest absolute Gasteiger partial charge is 0.355 e. The van der Waals surface area contributed by atoms with E-state index in [1.54, 1.807) is 0 Å². The maximum Gasteiger partial charge on any atom is 0.407 e. The summed E-state index contributed by atoms with van der Waals surface area (Å²) in [5.74, 6) is -1.95. The van der Waals surface area contributed by atoms with E-state index >= 15 is 0 Å². The van der Waals surface area contributed by atoms with Crippen LogP contribution in [0.4, 0.5) is 34.6 Å². The predicted molar refractivity (Wildman–Crippen MR) is 121 cm³/mol. The molecule has 0 bridgehead atoms. The Morgan fingerprint density at radius 3 is 2.35 bits per heavy atom. The minimum absolute atomic E-state index is 0.0947. The Labute approximate surface area is 198 Å². The van der Waals surface area contributed by atoms with Crippen LogP contribution in [0.3, 0.4) is 0 Å². The summed E-state index contributed by atoms with van der Waals surface area (Å²) in [5.41, 5.74) is -3.02. The summed E-state index contributed by atoms with van der Waals surface area (Å²) in [5, 5.41) is 2.24. The number of hydrogen-bond donors (Lipinski definition) is 1. The molecule has 0 radical (unpaired) electrons. The van der Waals surface area contributed by atoms with Crippen LogP contribution in [0.25, 0.3) is 4.85 Å². The molecule has 1 saturated carbocycles. The number of carbonyl (C=O) groups is 2. The SMILES string of the molecule is [C-]#[N+]c1ccc(N2C(=O)C3(CCCC3)N(c3ccc(C(=O)NC)c(F)c3)C2=S)cc1C(F)(F)F. The van der Waals surface area contributed by atoms with Gasteiger partial charge in [-0.05, 0) is 55.4 Å². The van der Waals surface area contributed by atoms with Gasteiger partial charge in [-0.15, -0.1) is 0 Å². The van der Waals surface area contributed by atoms with Crippen LogP contribution in [-0.4, -0.2) is 29.5 Å². The van der Waals surface area contributed by atoms with Crippen molar-refractivity contribution in [3.63, 3.8) is 0 Å². The molecule has 1 saturated heterocycles. The van der Waals surface area contributed by atoms with Crippen LogP contribution < -0.4 is 15.1 Å². The number of alkyl halides is 3. The Hall–Kier alpha value is -3.52. The predicted octanol–water partition coefficient (Wildman–Crippen LogP) is 5.21. The van der Waals surface area contributed by atoms with Crippen molar-refractivity contribution in [3.8, 4) is 0 Å². The van der Waals surface area contributed by atoms with Gasteiger partial charge < -0.3 is 10.2 Å². The minimum atomic E-state index is -4.80. The van der Waals surface area contributed by atoms with E-state index in [1.807, 2.05) is 0 Å². The molecule has 6 nitrogen and oxygen atoms in total. The van der Waals surface area contributed by atoms with E-state index < -0.39 is 40.6 Å². The Morgan fingerprint density at radius 2 is 1.79 bits per heavy atom. The number of rotatable bonds is 3. The summed E-state index contributed by atoms with van der Waals surface area (Å²) in [6.07, 6.45) is -2.67. The lowest BCUT2D eigenvalue weighted by Gasteiger charge is -2.32. The van der Waals surface area contributed by atoms with E-state index in [1.165, 1.54) is 30.1 Å². The van der Waals surface area contributed by atoms with E-state index in [9.17, 15) is 27.2 Å². The van der Waals surface area contributed by atoms with Gasteiger partial charge in [0.25, 0.3) is 11.8 Å². The standard InChI is InChI=1S/C23H18F4N4O2S/c1-28-18-8-6-13(11-16(18)23(25,26)27)30-20(33)22(9-3-4-10-22)31(21(30)34)14-5-7-15(17(24)12-14)19(32)29-2/h5-8,11-12H,3-4,9-10H2,2H3,(H,29,32). The molecule has 11 heteroatoms. The van der Waals surface area contributed by atoms with E-state index in [-0.39, 0.29) is 22.1 Å². The second-order valence-corrected chi connectivity index (χ2v) is 8.42. The van der Waals surface area contributed by atoms with Crippen LogP contribution in [0.5, 0.6) is 0 Å². The lowest BCUT2D eigenvalue weighted by atomic mass is 9.94. The lowest BCUT2D eigenvalue weighted by molar-refractivity contribution is -0.136. The van der Waals surface area contributed by atoms with E-state index in [2.05, 4.69) is 10.2 Å². The number of anilines is 2. The first-order valence-corrected chi connectivity index (χ1v) is 10.7. The van der Waals surface area contributed by atoms with Gasteiger partial charge in [0.15, 0.2) is 10.8 Å². The quantitative estimate of drug-likeness (QED) is 0.365. The molecule has 176 valence electrons. The first-order chi connectivity index (χ1) is 16.0. The Bertz CT molecular complexity index is 1250. The van der Waals surface area contributed by atoms with Crippen molar-refractivity contribution < 1.29 is 27.2 Å².